The first-order valence-electron chi connectivity index (χ1n) is 5.34. The Morgan fingerprint density at radius 3 is 2.81 bits per heavy atom. The second kappa shape index (κ2) is 5.07. The van der Waals surface area contributed by atoms with Crippen molar-refractivity contribution < 1.29 is 9.90 Å². The first kappa shape index (κ1) is 12.6. The van der Waals surface area contributed by atoms with E-state index in [4.69, 9.17) is 0 Å². The molecule has 0 aliphatic heterocycles. The fourth-order valence-corrected chi connectivity index (χ4v) is 1.42. The van der Waals surface area contributed by atoms with Crippen LogP contribution in [0.2, 0.25) is 0 Å². The van der Waals surface area contributed by atoms with Crippen LogP contribution in [0.25, 0.3) is 0 Å². The number of aromatic nitrogens is 3. The summed E-state index contributed by atoms with van der Waals surface area (Å²) in [6.45, 7) is 5.60. The van der Waals surface area contributed by atoms with Gasteiger partial charge in [0.05, 0.1) is 5.60 Å². The summed E-state index contributed by atoms with van der Waals surface area (Å²) in [4.78, 5) is 15.4. The Labute approximate surface area is 94.5 Å². The normalized spacial score (nSPS) is 14.5. The molecular weight excluding hydrogens is 208 g/mol. The van der Waals surface area contributed by atoms with Gasteiger partial charge in [0, 0.05) is 6.54 Å². The largest absolute Gasteiger partial charge is 0.388 e. The Bertz CT molecular complexity index is 359. The molecule has 0 fully saturated rings. The molecule has 0 aliphatic carbocycles. The van der Waals surface area contributed by atoms with E-state index in [1.54, 1.807) is 13.8 Å². The number of carbonyl (C=O) groups excluding carboxylic acids is 1. The van der Waals surface area contributed by atoms with Gasteiger partial charge in [-0.25, -0.2) is 4.98 Å². The summed E-state index contributed by atoms with van der Waals surface area (Å²) in [5.74, 6) is 0.316. The van der Waals surface area contributed by atoms with Gasteiger partial charge in [-0.3, -0.25) is 9.89 Å². The SMILES string of the molecule is CCCC(C)(O)CNC(=O)c1n[nH]c(C)n1. The number of rotatable bonds is 5. The van der Waals surface area contributed by atoms with E-state index in [2.05, 4.69) is 20.5 Å². The quantitative estimate of drug-likeness (QED) is 0.677. The van der Waals surface area contributed by atoms with E-state index in [0.29, 0.717) is 12.2 Å². The Hall–Kier alpha value is -1.43. The van der Waals surface area contributed by atoms with Crippen LogP contribution in [0.1, 0.15) is 43.1 Å². The van der Waals surface area contributed by atoms with Crippen molar-refractivity contribution in [1.29, 1.82) is 0 Å². The number of amides is 1. The van der Waals surface area contributed by atoms with E-state index in [0.717, 1.165) is 6.42 Å². The topological polar surface area (TPSA) is 90.9 Å². The van der Waals surface area contributed by atoms with Gasteiger partial charge in [0.1, 0.15) is 5.82 Å². The molecule has 0 radical (unpaired) electrons. The van der Waals surface area contributed by atoms with Crippen LogP contribution in [-0.4, -0.2) is 38.3 Å². The number of hydrogen-bond donors (Lipinski definition) is 3. The number of carbonyl (C=O) groups is 1. The molecule has 0 saturated heterocycles. The molecule has 1 heterocycles. The molecule has 0 spiro atoms. The van der Waals surface area contributed by atoms with Crippen LogP contribution < -0.4 is 5.32 Å². The average molecular weight is 226 g/mol. The third kappa shape index (κ3) is 3.62. The molecule has 3 N–H and O–H groups in total. The molecule has 0 bridgehead atoms. The van der Waals surface area contributed by atoms with E-state index in [9.17, 15) is 9.90 Å². The number of hydrogen-bond acceptors (Lipinski definition) is 4. The van der Waals surface area contributed by atoms with Crippen LogP contribution in [0, 0.1) is 6.92 Å². The fourth-order valence-electron chi connectivity index (χ4n) is 1.42. The summed E-state index contributed by atoms with van der Waals surface area (Å²) in [6, 6.07) is 0. The molecular formula is C10H18N4O2. The van der Waals surface area contributed by atoms with E-state index in [1.807, 2.05) is 6.92 Å². The van der Waals surface area contributed by atoms with E-state index in [-0.39, 0.29) is 18.3 Å². The van der Waals surface area contributed by atoms with Gasteiger partial charge < -0.3 is 10.4 Å². The maximum Gasteiger partial charge on any atom is 0.291 e. The summed E-state index contributed by atoms with van der Waals surface area (Å²) >= 11 is 0. The third-order valence-corrected chi connectivity index (χ3v) is 2.22. The summed E-state index contributed by atoms with van der Waals surface area (Å²) in [7, 11) is 0. The van der Waals surface area contributed by atoms with Crippen molar-refractivity contribution in [3.63, 3.8) is 0 Å². The monoisotopic (exact) mass is 226 g/mol. The Balaban J connectivity index is 2.47. The van der Waals surface area contributed by atoms with Crippen LogP contribution in [0.3, 0.4) is 0 Å². The number of H-pyrrole nitrogens is 1. The van der Waals surface area contributed by atoms with Crippen LogP contribution >= 0.6 is 0 Å². The minimum absolute atomic E-state index is 0.102. The van der Waals surface area contributed by atoms with Gasteiger partial charge in [-0.1, -0.05) is 13.3 Å². The smallest absolute Gasteiger partial charge is 0.291 e. The van der Waals surface area contributed by atoms with Gasteiger partial charge in [0.15, 0.2) is 0 Å². The third-order valence-electron chi connectivity index (χ3n) is 2.22. The second-order valence-electron chi connectivity index (χ2n) is 4.17. The number of aryl methyl sites for hydroxylation is 1. The fraction of sp³-hybridized carbons (Fsp3) is 0.700. The molecule has 1 aromatic heterocycles. The minimum atomic E-state index is -0.879. The first-order chi connectivity index (χ1) is 7.44. The van der Waals surface area contributed by atoms with Crippen molar-refractivity contribution in [2.24, 2.45) is 0 Å². The van der Waals surface area contributed by atoms with Gasteiger partial charge in [-0.05, 0) is 20.3 Å². The molecule has 1 atom stereocenters. The van der Waals surface area contributed by atoms with E-state index >= 15 is 0 Å². The highest BCUT2D eigenvalue weighted by Gasteiger charge is 2.21. The highest BCUT2D eigenvalue weighted by molar-refractivity contribution is 5.90. The van der Waals surface area contributed by atoms with Gasteiger partial charge in [-0.2, -0.15) is 0 Å². The number of nitrogens with one attached hydrogen (secondary N) is 2. The summed E-state index contributed by atoms with van der Waals surface area (Å²) in [6.07, 6.45) is 1.50. The molecule has 1 aromatic rings. The molecule has 6 heteroatoms. The lowest BCUT2D eigenvalue weighted by atomic mass is 10.0. The average Bonchev–Trinajstić information content (AvgIpc) is 2.61. The van der Waals surface area contributed by atoms with Crippen molar-refractivity contribution in [3.8, 4) is 0 Å². The van der Waals surface area contributed by atoms with Gasteiger partial charge in [0.2, 0.25) is 5.82 Å². The zero-order chi connectivity index (χ0) is 12.2. The lowest BCUT2D eigenvalue weighted by molar-refractivity contribution is 0.0467. The van der Waals surface area contributed by atoms with Crippen LogP contribution in [-0.2, 0) is 0 Å². The molecule has 0 saturated carbocycles. The molecule has 1 unspecified atom stereocenters. The van der Waals surface area contributed by atoms with Gasteiger partial charge in [0.25, 0.3) is 5.91 Å². The Morgan fingerprint density at radius 2 is 2.31 bits per heavy atom. The van der Waals surface area contributed by atoms with E-state index in [1.165, 1.54) is 0 Å². The maximum absolute atomic E-state index is 11.5. The number of aliphatic hydroxyl groups is 1. The highest BCUT2D eigenvalue weighted by atomic mass is 16.3. The zero-order valence-corrected chi connectivity index (χ0v) is 9.87. The zero-order valence-electron chi connectivity index (χ0n) is 9.87. The molecule has 6 nitrogen and oxygen atoms in total. The predicted molar refractivity (Wildman–Crippen MR) is 59.0 cm³/mol. The van der Waals surface area contributed by atoms with Crippen molar-refractivity contribution in [3.05, 3.63) is 11.6 Å². The minimum Gasteiger partial charge on any atom is -0.388 e. The van der Waals surface area contributed by atoms with Crippen molar-refractivity contribution in [2.45, 2.75) is 39.2 Å². The Kier molecular flexibility index (Phi) is 4.00. The molecule has 16 heavy (non-hydrogen) atoms. The first-order valence-corrected chi connectivity index (χ1v) is 5.34. The summed E-state index contributed by atoms with van der Waals surface area (Å²) in [5.41, 5.74) is -0.879. The lowest BCUT2D eigenvalue weighted by Crippen LogP contribution is -2.40. The van der Waals surface area contributed by atoms with Crippen molar-refractivity contribution in [1.82, 2.24) is 20.5 Å². The van der Waals surface area contributed by atoms with Crippen LogP contribution in [0.4, 0.5) is 0 Å². The van der Waals surface area contributed by atoms with Gasteiger partial charge in [-0.15, -0.1) is 5.10 Å². The second-order valence-corrected chi connectivity index (χ2v) is 4.17. The summed E-state index contributed by atoms with van der Waals surface area (Å²) in [5, 5.41) is 18.8. The molecule has 90 valence electrons. The molecule has 0 aromatic carbocycles. The van der Waals surface area contributed by atoms with Crippen LogP contribution in [0.15, 0.2) is 0 Å². The van der Waals surface area contributed by atoms with Crippen molar-refractivity contribution >= 4 is 5.91 Å². The number of aromatic amines is 1. The van der Waals surface area contributed by atoms with Crippen molar-refractivity contribution in [2.75, 3.05) is 6.54 Å². The molecule has 1 amide bonds. The number of nitrogens with zero attached hydrogens (tertiary/aromatic N) is 2. The van der Waals surface area contributed by atoms with E-state index < -0.39 is 5.60 Å². The lowest BCUT2D eigenvalue weighted by Gasteiger charge is -2.22. The van der Waals surface area contributed by atoms with Gasteiger partial charge >= 0.3 is 0 Å². The standard InChI is InChI=1S/C10H18N4O2/c1-4-5-10(3,16)6-11-9(15)8-12-7(2)13-14-8/h16H,4-6H2,1-3H3,(H,11,15)(H,12,13,14). The maximum atomic E-state index is 11.5. The molecule has 1 rings (SSSR count). The predicted octanol–water partition coefficient (Wildman–Crippen LogP) is 0.394. The highest BCUT2D eigenvalue weighted by Crippen LogP contribution is 2.10. The van der Waals surface area contributed by atoms with Crippen LogP contribution in [0.5, 0.6) is 0 Å². The summed E-state index contributed by atoms with van der Waals surface area (Å²) < 4.78 is 0. The Morgan fingerprint density at radius 1 is 1.62 bits per heavy atom. The molecule has 0 aliphatic rings.